The smallest absolute Gasteiger partial charge is 0.291 e. The number of hydrogen-bond donors (Lipinski definition) is 3. The van der Waals surface area contributed by atoms with E-state index in [1.807, 2.05) is 18.2 Å². The summed E-state index contributed by atoms with van der Waals surface area (Å²) in [6, 6.07) is 5.31. The average Bonchev–Trinajstić information content (AvgIpc) is 3.70. The number of aromatic amines is 1. The number of rotatable bonds is 8. The summed E-state index contributed by atoms with van der Waals surface area (Å²) in [7, 11) is 4.51. The van der Waals surface area contributed by atoms with Crippen molar-refractivity contribution in [1.82, 2.24) is 25.4 Å². The Labute approximate surface area is 226 Å². The number of hydrogen-bond acceptors (Lipinski definition) is 6. The lowest BCUT2D eigenvalue weighted by atomic mass is 9.91. The van der Waals surface area contributed by atoms with E-state index in [0.717, 1.165) is 30.2 Å². The Kier molecular flexibility index (Phi) is 7.33. The maximum Gasteiger partial charge on any atom is 0.291 e. The molecule has 0 radical (unpaired) electrons. The van der Waals surface area contributed by atoms with Crippen molar-refractivity contribution in [2.24, 2.45) is 17.8 Å². The second-order valence-corrected chi connectivity index (χ2v) is 11.0. The standard InChI is InChI=1S/C28H35N5O6/c1-32(2)28(38)24(34)20(12-15-10-11-29-25(15)35)31-26(36)23-17-7-4-6-16(17)14-33(23)27(37)21-13-18-19(30-21)8-5-9-22(18)39-3/h5,8-9,13,15-17,20,23,30H,4,6-7,10-12,14H2,1-3H3,(H,29,35)(H,31,36)/t15-,16-,17-,20?,23-/m0/s1. The third-order valence-electron chi connectivity index (χ3n) is 8.43. The molecule has 208 valence electrons. The fourth-order valence-electron chi connectivity index (χ4n) is 6.44. The van der Waals surface area contributed by atoms with Gasteiger partial charge in [-0.1, -0.05) is 12.5 Å². The minimum absolute atomic E-state index is 0.0343. The van der Waals surface area contributed by atoms with Gasteiger partial charge in [0.25, 0.3) is 11.8 Å². The molecule has 1 aromatic carbocycles. The molecule has 1 aliphatic carbocycles. The molecule has 1 aromatic heterocycles. The number of H-pyrrole nitrogens is 1. The predicted molar refractivity (Wildman–Crippen MR) is 142 cm³/mol. The highest BCUT2D eigenvalue weighted by molar-refractivity contribution is 6.38. The molecule has 0 spiro atoms. The number of carbonyl (C=O) groups is 5. The van der Waals surface area contributed by atoms with Crippen LogP contribution in [0.3, 0.4) is 0 Å². The van der Waals surface area contributed by atoms with Crippen molar-refractivity contribution in [2.45, 2.75) is 44.2 Å². The van der Waals surface area contributed by atoms with Crippen LogP contribution in [-0.2, 0) is 19.2 Å². The quantitative estimate of drug-likeness (QED) is 0.431. The summed E-state index contributed by atoms with van der Waals surface area (Å²) in [5, 5.41) is 6.31. The Hall–Kier alpha value is -3.89. The van der Waals surface area contributed by atoms with Crippen LogP contribution in [0, 0.1) is 17.8 Å². The van der Waals surface area contributed by atoms with Crippen LogP contribution in [0.15, 0.2) is 24.3 Å². The molecule has 3 fully saturated rings. The molecule has 2 aromatic rings. The lowest BCUT2D eigenvalue weighted by molar-refractivity contribution is -0.145. The third-order valence-corrected chi connectivity index (χ3v) is 8.43. The van der Waals surface area contributed by atoms with Crippen LogP contribution in [0.25, 0.3) is 10.9 Å². The van der Waals surface area contributed by atoms with Crippen molar-refractivity contribution >= 4 is 40.3 Å². The van der Waals surface area contributed by atoms with Crippen molar-refractivity contribution < 1.29 is 28.7 Å². The van der Waals surface area contributed by atoms with Crippen molar-refractivity contribution in [3.05, 3.63) is 30.0 Å². The predicted octanol–water partition coefficient (Wildman–Crippen LogP) is 1.09. The molecule has 4 amide bonds. The first-order chi connectivity index (χ1) is 18.7. The van der Waals surface area contributed by atoms with Gasteiger partial charge in [0.15, 0.2) is 0 Å². The van der Waals surface area contributed by atoms with Gasteiger partial charge in [-0.3, -0.25) is 24.0 Å². The minimum Gasteiger partial charge on any atom is -0.496 e. The van der Waals surface area contributed by atoms with Crippen molar-refractivity contribution in [1.29, 1.82) is 0 Å². The molecule has 5 rings (SSSR count). The zero-order valence-corrected chi connectivity index (χ0v) is 22.5. The van der Waals surface area contributed by atoms with Crippen LogP contribution < -0.4 is 15.4 Å². The number of methoxy groups -OCH3 is 1. The number of benzene rings is 1. The SMILES string of the molecule is COc1cccc2[nH]c(C(=O)N3C[C@@H]4CCC[C@@H]4[C@H]3C(=O)NC(C[C@@H]3CCNC3=O)C(=O)C(=O)N(C)C)cc12. The number of nitrogens with zero attached hydrogens (tertiary/aromatic N) is 2. The second kappa shape index (κ2) is 10.7. The van der Waals surface area contributed by atoms with Crippen LogP contribution in [0.4, 0.5) is 0 Å². The van der Waals surface area contributed by atoms with E-state index in [-0.39, 0.29) is 30.1 Å². The van der Waals surface area contributed by atoms with Gasteiger partial charge in [-0.05, 0) is 55.7 Å². The molecule has 3 N–H and O–H groups in total. The summed E-state index contributed by atoms with van der Waals surface area (Å²) in [4.78, 5) is 71.5. The number of nitrogens with one attached hydrogen (secondary N) is 3. The first-order valence-corrected chi connectivity index (χ1v) is 13.5. The van der Waals surface area contributed by atoms with E-state index in [2.05, 4.69) is 15.6 Å². The van der Waals surface area contributed by atoms with Crippen LogP contribution in [0.1, 0.15) is 42.6 Å². The molecule has 2 aliphatic heterocycles. The van der Waals surface area contributed by atoms with Crippen molar-refractivity contribution in [2.75, 3.05) is 34.3 Å². The third kappa shape index (κ3) is 4.97. The number of aromatic nitrogens is 1. The van der Waals surface area contributed by atoms with Gasteiger partial charge in [-0.2, -0.15) is 0 Å². The number of carbonyl (C=O) groups excluding carboxylic acids is 5. The topological polar surface area (TPSA) is 141 Å². The van der Waals surface area contributed by atoms with Crippen LogP contribution in [-0.4, -0.2) is 90.6 Å². The molecule has 0 bridgehead atoms. The Balaban J connectivity index is 1.41. The number of amides is 4. The molecule has 1 saturated carbocycles. The Bertz CT molecular complexity index is 1320. The molecular weight excluding hydrogens is 502 g/mol. The summed E-state index contributed by atoms with van der Waals surface area (Å²) >= 11 is 0. The summed E-state index contributed by atoms with van der Waals surface area (Å²) in [6.07, 6.45) is 3.24. The van der Waals surface area contributed by atoms with E-state index in [0.29, 0.717) is 31.0 Å². The molecule has 2 saturated heterocycles. The zero-order valence-electron chi connectivity index (χ0n) is 22.5. The fraction of sp³-hybridized carbons (Fsp3) is 0.536. The molecule has 3 aliphatic rings. The van der Waals surface area contributed by atoms with Crippen molar-refractivity contribution in [3.63, 3.8) is 0 Å². The number of ether oxygens (including phenoxy) is 1. The van der Waals surface area contributed by atoms with Gasteiger partial charge < -0.3 is 30.2 Å². The van der Waals surface area contributed by atoms with Gasteiger partial charge in [0.05, 0.1) is 13.2 Å². The normalized spacial score (nSPS) is 24.8. The minimum atomic E-state index is -1.16. The summed E-state index contributed by atoms with van der Waals surface area (Å²) in [5.74, 6) is -2.17. The van der Waals surface area contributed by atoms with Gasteiger partial charge in [-0.25, -0.2) is 0 Å². The second-order valence-electron chi connectivity index (χ2n) is 11.0. The molecule has 1 unspecified atom stereocenters. The highest BCUT2D eigenvalue weighted by atomic mass is 16.5. The molecular formula is C28H35N5O6. The molecule has 3 heterocycles. The monoisotopic (exact) mass is 537 g/mol. The first-order valence-electron chi connectivity index (χ1n) is 13.5. The van der Waals surface area contributed by atoms with E-state index in [4.69, 9.17) is 4.74 Å². The number of likely N-dealkylation sites (tertiary alicyclic amines) is 1. The van der Waals surface area contributed by atoms with Gasteiger partial charge >= 0.3 is 0 Å². The molecule has 11 heteroatoms. The summed E-state index contributed by atoms with van der Waals surface area (Å²) in [6.45, 7) is 0.929. The summed E-state index contributed by atoms with van der Waals surface area (Å²) in [5.41, 5.74) is 1.10. The number of likely N-dealkylation sites (N-methyl/N-ethyl adjacent to an activating group) is 1. The lowest BCUT2D eigenvalue weighted by Gasteiger charge is -2.29. The maximum atomic E-state index is 13.9. The Morgan fingerprint density at radius 3 is 2.67 bits per heavy atom. The highest BCUT2D eigenvalue weighted by Gasteiger charge is 2.50. The number of Topliss-reactive ketones (excluding diaryl/α,β-unsaturated/α-hetero) is 1. The van der Waals surface area contributed by atoms with Gasteiger partial charge in [0.2, 0.25) is 17.6 Å². The Morgan fingerprint density at radius 2 is 1.97 bits per heavy atom. The van der Waals surface area contributed by atoms with Gasteiger partial charge in [-0.15, -0.1) is 0 Å². The maximum absolute atomic E-state index is 13.9. The fourth-order valence-corrected chi connectivity index (χ4v) is 6.44. The van der Waals surface area contributed by atoms with Crippen LogP contribution in [0.2, 0.25) is 0 Å². The first kappa shape index (κ1) is 26.7. The number of fused-ring (bicyclic) bond motifs is 2. The van der Waals surface area contributed by atoms with Gasteiger partial charge in [0.1, 0.15) is 17.5 Å². The van der Waals surface area contributed by atoms with E-state index < -0.39 is 35.6 Å². The lowest BCUT2D eigenvalue weighted by Crippen LogP contribution is -2.55. The van der Waals surface area contributed by atoms with Crippen LogP contribution >= 0.6 is 0 Å². The zero-order chi connectivity index (χ0) is 27.8. The molecule has 39 heavy (non-hydrogen) atoms. The van der Waals surface area contributed by atoms with Crippen LogP contribution in [0.5, 0.6) is 5.75 Å². The average molecular weight is 538 g/mol. The Morgan fingerprint density at radius 1 is 1.18 bits per heavy atom. The van der Waals surface area contributed by atoms with Gasteiger partial charge in [0, 0.05) is 44.0 Å². The highest BCUT2D eigenvalue weighted by Crippen LogP contribution is 2.43. The molecule has 5 atom stereocenters. The molecule has 11 nitrogen and oxygen atoms in total. The van der Waals surface area contributed by atoms with E-state index >= 15 is 0 Å². The largest absolute Gasteiger partial charge is 0.496 e. The van der Waals surface area contributed by atoms with E-state index in [9.17, 15) is 24.0 Å². The number of ketones is 1. The van der Waals surface area contributed by atoms with Crippen molar-refractivity contribution in [3.8, 4) is 5.75 Å². The summed E-state index contributed by atoms with van der Waals surface area (Å²) < 4.78 is 5.43. The van der Waals surface area contributed by atoms with E-state index in [1.165, 1.54) is 19.0 Å². The van der Waals surface area contributed by atoms with E-state index in [1.54, 1.807) is 18.1 Å².